The van der Waals surface area contributed by atoms with E-state index in [9.17, 15) is 4.79 Å². The van der Waals surface area contributed by atoms with Gasteiger partial charge >= 0.3 is 0 Å². The van der Waals surface area contributed by atoms with E-state index >= 15 is 0 Å². The Balaban J connectivity index is 1.70. The van der Waals surface area contributed by atoms with Crippen molar-refractivity contribution in [3.05, 3.63) is 71.2 Å². The van der Waals surface area contributed by atoms with E-state index in [1.54, 1.807) is 61.7 Å². The van der Waals surface area contributed by atoms with Gasteiger partial charge in [0.2, 0.25) is 0 Å². The normalized spacial score (nSPS) is 10.2. The van der Waals surface area contributed by atoms with Gasteiger partial charge in [-0.05, 0) is 42.5 Å². The number of aromatic nitrogens is 2. The maximum Gasteiger partial charge on any atom is 0.256 e. The topological polar surface area (TPSA) is 76.1 Å². The van der Waals surface area contributed by atoms with Crippen LogP contribution in [-0.4, -0.2) is 23.2 Å². The molecular formula is C18H15ClN4O2. The molecule has 0 aliphatic carbocycles. The maximum absolute atomic E-state index is 12.1. The lowest BCUT2D eigenvalue weighted by Gasteiger charge is -2.11. The average Bonchev–Trinajstić information content (AvgIpc) is 2.64. The van der Waals surface area contributed by atoms with Crippen LogP contribution in [0.2, 0.25) is 5.02 Å². The number of amides is 1. The van der Waals surface area contributed by atoms with E-state index in [-0.39, 0.29) is 5.91 Å². The van der Waals surface area contributed by atoms with E-state index < -0.39 is 0 Å². The minimum Gasteiger partial charge on any atom is -0.495 e. The van der Waals surface area contributed by atoms with Crippen LogP contribution < -0.4 is 15.4 Å². The number of ether oxygens (including phenoxy) is 1. The summed E-state index contributed by atoms with van der Waals surface area (Å²) >= 11 is 6.00. The standard InChI is InChI=1S/C18H15ClN4O2/c1-25-15-8-7-13(19)11-14(15)20-16-9-10-17(23-22-16)21-18(24)12-5-3-2-4-6-12/h2-11H,1H3,(H,20,22)(H,21,23,24). The lowest BCUT2D eigenvalue weighted by Crippen LogP contribution is -2.13. The highest BCUT2D eigenvalue weighted by molar-refractivity contribution is 6.31. The molecule has 1 amide bonds. The molecule has 6 nitrogen and oxygen atoms in total. The molecule has 0 spiro atoms. The van der Waals surface area contributed by atoms with Crippen LogP contribution in [0.15, 0.2) is 60.7 Å². The summed E-state index contributed by atoms with van der Waals surface area (Å²) in [5.74, 6) is 1.25. The van der Waals surface area contributed by atoms with Crippen LogP contribution in [0.3, 0.4) is 0 Å². The predicted molar refractivity (Wildman–Crippen MR) is 97.7 cm³/mol. The number of carbonyl (C=O) groups is 1. The molecule has 1 heterocycles. The van der Waals surface area contributed by atoms with Gasteiger partial charge in [-0.3, -0.25) is 4.79 Å². The average molecular weight is 355 g/mol. The van der Waals surface area contributed by atoms with Crippen molar-refractivity contribution in [2.24, 2.45) is 0 Å². The lowest BCUT2D eigenvalue weighted by molar-refractivity contribution is 0.102. The van der Waals surface area contributed by atoms with E-state index in [1.165, 1.54) is 0 Å². The molecule has 0 saturated carbocycles. The van der Waals surface area contributed by atoms with Crippen molar-refractivity contribution in [2.45, 2.75) is 0 Å². The Hall–Kier alpha value is -3.12. The zero-order chi connectivity index (χ0) is 17.6. The van der Waals surface area contributed by atoms with Gasteiger partial charge in [-0.15, -0.1) is 10.2 Å². The van der Waals surface area contributed by atoms with Gasteiger partial charge in [0.05, 0.1) is 12.8 Å². The summed E-state index contributed by atoms with van der Waals surface area (Å²) in [7, 11) is 1.57. The molecule has 0 radical (unpaired) electrons. The first-order valence-corrected chi connectivity index (χ1v) is 7.84. The maximum atomic E-state index is 12.1. The summed E-state index contributed by atoms with van der Waals surface area (Å²) in [6.07, 6.45) is 0. The third-order valence-corrected chi connectivity index (χ3v) is 3.60. The van der Waals surface area contributed by atoms with Crippen LogP contribution in [0.4, 0.5) is 17.3 Å². The zero-order valence-corrected chi connectivity index (χ0v) is 14.1. The SMILES string of the molecule is COc1ccc(Cl)cc1Nc1ccc(NC(=O)c2ccccc2)nn1. The van der Waals surface area contributed by atoms with Crippen LogP contribution in [0, 0.1) is 0 Å². The first kappa shape index (κ1) is 16.7. The van der Waals surface area contributed by atoms with E-state index in [0.29, 0.717) is 33.7 Å². The predicted octanol–water partition coefficient (Wildman–Crippen LogP) is 4.13. The highest BCUT2D eigenvalue weighted by Crippen LogP contribution is 2.29. The van der Waals surface area contributed by atoms with Gasteiger partial charge in [0.1, 0.15) is 5.75 Å². The van der Waals surface area contributed by atoms with Gasteiger partial charge < -0.3 is 15.4 Å². The van der Waals surface area contributed by atoms with Gasteiger partial charge in [-0.25, -0.2) is 0 Å². The Kier molecular flexibility index (Phi) is 5.11. The summed E-state index contributed by atoms with van der Waals surface area (Å²) in [5.41, 5.74) is 1.22. The highest BCUT2D eigenvalue weighted by atomic mass is 35.5. The molecule has 2 aromatic carbocycles. The molecule has 2 N–H and O–H groups in total. The van der Waals surface area contributed by atoms with Gasteiger partial charge in [0.25, 0.3) is 5.91 Å². The molecule has 0 aliphatic rings. The Labute approximate surface area is 149 Å². The number of anilines is 3. The monoisotopic (exact) mass is 354 g/mol. The number of halogens is 1. The van der Waals surface area contributed by atoms with Crippen molar-refractivity contribution >= 4 is 34.8 Å². The molecule has 0 atom stereocenters. The van der Waals surface area contributed by atoms with Crippen LogP contribution in [0.1, 0.15) is 10.4 Å². The highest BCUT2D eigenvalue weighted by Gasteiger charge is 2.08. The zero-order valence-electron chi connectivity index (χ0n) is 13.4. The summed E-state index contributed by atoms with van der Waals surface area (Å²) in [5, 5.41) is 14.4. The van der Waals surface area contributed by atoms with Gasteiger partial charge in [0, 0.05) is 10.6 Å². The third-order valence-electron chi connectivity index (χ3n) is 3.37. The second-order valence-corrected chi connectivity index (χ2v) is 5.53. The molecule has 0 fully saturated rings. The molecule has 0 unspecified atom stereocenters. The minimum atomic E-state index is -0.243. The van der Waals surface area contributed by atoms with Crippen molar-refractivity contribution in [1.82, 2.24) is 10.2 Å². The van der Waals surface area contributed by atoms with Crippen LogP contribution >= 0.6 is 11.6 Å². The minimum absolute atomic E-state index is 0.243. The van der Waals surface area contributed by atoms with Crippen molar-refractivity contribution in [2.75, 3.05) is 17.7 Å². The summed E-state index contributed by atoms with van der Waals surface area (Å²) < 4.78 is 5.27. The fraction of sp³-hybridized carbons (Fsp3) is 0.0556. The van der Waals surface area contributed by atoms with Gasteiger partial charge in [-0.1, -0.05) is 29.8 Å². The lowest BCUT2D eigenvalue weighted by atomic mass is 10.2. The van der Waals surface area contributed by atoms with Crippen molar-refractivity contribution in [3.63, 3.8) is 0 Å². The number of methoxy groups -OCH3 is 1. The Morgan fingerprint density at radius 1 is 1.00 bits per heavy atom. The number of rotatable bonds is 5. The molecule has 126 valence electrons. The van der Waals surface area contributed by atoms with E-state index in [1.807, 2.05) is 6.07 Å². The first-order chi connectivity index (χ1) is 12.2. The number of carbonyl (C=O) groups excluding carboxylic acids is 1. The Morgan fingerprint density at radius 2 is 1.72 bits per heavy atom. The quantitative estimate of drug-likeness (QED) is 0.720. The van der Waals surface area contributed by atoms with Gasteiger partial charge in [0.15, 0.2) is 11.6 Å². The largest absolute Gasteiger partial charge is 0.495 e. The number of nitrogens with zero attached hydrogens (tertiary/aromatic N) is 2. The second kappa shape index (κ2) is 7.63. The molecule has 0 bridgehead atoms. The Morgan fingerprint density at radius 3 is 2.40 bits per heavy atom. The van der Waals surface area contributed by atoms with E-state index in [0.717, 1.165) is 0 Å². The number of benzene rings is 2. The van der Waals surface area contributed by atoms with Crippen LogP contribution in [-0.2, 0) is 0 Å². The molecule has 1 aromatic heterocycles. The van der Waals surface area contributed by atoms with E-state index in [4.69, 9.17) is 16.3 Å². The molecule has 0 saturated heterocycles. The summed E-state index contributed by atoms with van der Waals surface area (Å²) in [6, 6.07) is 17.5. The Bertz CT molecular complexity index is 870. The molecule has 3 aromatic rings. The van der Waals surface area contributed by atoms with E-state index in [2.05, 4.69) is 20.8 Å². The van der Waals surface area contributed by atoms with Crippen molar-refractivity contribution < 1.29 is 9.53 Å². The molecule has 7 heteroatoms. The fourth-order valence-corrected chi connectivity index (χ4v) is 2.33. The van der Waals surface area contributed by atoms with Crippen molar-refractivity contribution in [3.8, 4) is 5.75 Å². The number of hydrogen-bond donors (Lipinski definition) is 2. The smallest absolute Gasteiger partial charge is 0.256 e. The van der Waals surface area contributed by atoms with Crippen molar-refractivity contribution in [1.29, 1.82) is 0 Å². The molecule has 25 heavy (non-hydrogen) atoms. The summed E-state index contributed by atoms with van der Waals surface area (Å²) in [6.45, 7) is 0. The number of nitrogens with one attached hydrogen (secondary N) is 2. The molecule has 3 rings (SSSR count). The van der Waals surface area contributed by atoms with Crippen LogP contribution in [0.5, 0.6) is 5.75 Å². The fourth-order valence-electron chi connectivity index (χ4n) is 2.16. The first-order valence-electron chi connectivity index (χ1n) is 7.46. The third kappa shape index (κ3) is 4.24. The van der Waals surface area contributed by atoms with Gasteiger partial charge in [-0.2, -0.15) is 0 Å². The molecular weight excluding hydrogens is 340 g/mol. The summed E-state index contributed by atoms with van der Waals surface area (Å²) in [4.78, 5) is 12.1. The second-order valence-electron chi connectivity index (χ2n) is 5.09. The molecule has 0 aliphatic heterocycles. The van der Waals surface area contributed by atoms with Crippen LogP contribution in [0.25, 0.3) is 0 Å². The number of hydrogen-bond acceptors (Lipinski definition) is 5.